The van der Waals surface area contributed by atoms with Gasteiger partial charge in [0.2, 0.25) is 0 Å². The number of nitrogens with zero attached hydrogens (tertiary/aromatic N) is 2. The lowest BCUT2D eigenvalue weighted by molar-refractivity contribution is -0.144. The van der Waals surface area contributed by atoms with Gasteiger partial charge in [-0.3, -0.25) is 9.48 Å². The molecule has 90 valence electrons. The monoisotopic (exact) mass is 224 g/mol. The van der Waals surface area contributed by atoms with E-state index in [0.29, 0.717) is 6.61 Å². The molecule has 0 N–H and O–H groups in total. The minimum Gasteiger partial charge on any atom is -0.465 e. The molecule has 0 aliphatic heterocycles. The van der Waals surface area contributed by atoms with Crippen LogP contribution in [0.2, 0.25) is 0 Å². The SMILES string of the molecule is CCOC(=O)Cn1nc(C(C)(C)C)cc1C. The van der Waals surface area contributed by atoms with Gasteiger partial charge in [-0.15, -0.1) is 0 Å². The fourth-order valence-electron chi connectivity index (χ4n) is 1.37. The summed E-state index contributed by atoms with van der Waals surface area (Å²) in [6.07, 6.45) is 0. The number of hydrogen-bond acceptors (Lipinski definition) is 3. The number of aromatic nitrogens is 2. The number of hydrogen-bond donors (Lipinski definition) is 0. The molecule has 1 aromatic rings. The number of aryl methyl sites for hydroxylation is 1. The molecule has 1 aromatic heterocycles. The number of carbonyl (C=O) groups is 1. The quantitative estimate of drug-likeness (QED) is 0.738. The third-order valence-electron chi connectivity index (χ3n) is 2.33. The first kappa shape index (κ1) is 12.7. The van der Waals surface area contributed by atoms with Gasteiger partial charge in [0, 0.05) is 11.1 Å². The number of rotatable bonds is 3. The first-order chi connectivity index (χ1) is 7.34. The van der Waals surface area contributed by atoms with Crippen LogP contribution in [-0.4, -0.2) is 22.4 Å². The van der Waals surface area contributed by atoms with Crippen molar-refractivity contribution in [2.24, 2.45) is 0 Å². The fourth-order valence-corrected chi connectivity index (χ4v) is 1.37. The van der Waals surface area contributed by atoms with Crippen molar-refractivity contribution < 1.29 is 9.53 Å². The van der Waals surface area contributed by atoms with Crippen molar-refractivity contribution in [3.05, 3.63) is 17.5 Å². The van der Waals surface area contributed by atoms with E-state index in [1.54, 1.807) is 11.6 Å². The van der Waals surface area contributed by atoms with Crippen molar-refractivity contribution in [2.75, 3.05) is 6.61 Å². The zero-order valence-electron chi connectivity index (χ0n) is 10.7. The summed E-state index contributed by atoms with van der Waals surface area (Å²) < 4.78 is 6.59. The standard InChI is InChI=1S/C12H20N2O2/c1-6-16-11(15)8-14-9(2)7-10(13-14)12(3,4)5/h7H,6,8H2,1-5H3. The number of esters is 1. The van der Waals surface area contributed by atoms with Crippen LogP contribution >= 0.6 is 0 Å². The minimum atomic E-state index is -0.242. The molecule has 0 aliphatic rings. The predicted octanol–water partition coefficient (Wildman–Crippen LogP) is 2.05. The molecule has 0 amide bonds. The fraction of sp³-hybridized carbons (Fsp3) is 0.667. The van der Waals surface area contributed by atoms with Crippen LogP contribution in [0.15, 0.2) is 6.07 Å². The Hall–Kier alpha value is -1.32. The largest absolute Gasteiger partial charge is 0.465 e. The average molecular weight is 224 g/mol. The number of carbonyl (C=O) groups excluding carboxylic acids is 1. The van der Waals surface area contributed by atoms with E-state index in [-0.39, 0.29) is 17.9 Å². The smallest absolute Gasteiger partial charge is 0.327 e. The molecule has 0 saturated heterocycles. The molecule has 0 spiro atoms. The summed E-state index contributed by atoms with van der Waals surface area (Å²) in [7, 11) is 0. The maximum absolute atomic E-state index is 11.3. The molecule has 0 fully saturated rings. The third kappa shape index (κ3) is 3.08. The van der Waals surface area contributed by atoms with E-state index in [4.69, 9.17) is 4.74 Å². The van der Waals surface area contributed by atoms with Crippen LogP contribution in [-0.2, 0) is 21.5 Å². The molecule has 0 bridgehead atoms. The van der Waals surface area contributed by atoms with Crippen molar-refractivity contribution in [2.45, 2.75) is 46.6 Å². The van der Waals surface area contributed by atoms with Crippen LogP contribution in [0.4, 0.5) is 0 Å². The summed E-state index contributed by atoms with van der Waals surface area (Å²) >= 11 is 0. The molecular formula is C12H20N2O2. The lowest BCUT2D eigenvalue weighted by atomic mass is 9.92. The molecule has 16 heavy (non-hydrogen) atoms. The van der Waals surface area contributed by atoms with Gasteiger partial charge < -0.3 is 4.74 Å². The summed E-state index contributed by atoms with van der Waals surface area (Å²) in [6, 6.07) is 2.01. The topological polar surface area (TPSA) is 44.1 Å². The van der Waals surface area contributed by atoms with E-state index < -0.39 is 0 Å². The second-order valence-electron chi connectivity index (χ2n) is 4.88. The van der Waals surface area contributed by atoms with Gasteiger partial charge in [0.15, 0.2) is 0 Å². The van der Waals surface area contributed by atoms with Crippen LogP contribution in [0.5, 0.6) is 0 Å². The maximum Gasteiger partial charge on any atom is 0.327 e. The molecule has 1 rings (SSSR count). The molecule has 0 atom stereocenters. The molecule has 0 aromatic carbocycles. The van der Waals surface area contributed by atoms with Crippen molar-refractivity contribution in [3.8, 4) is 0 Å². The molecule has 0 unspecified atom stereocenters. The van der Waals surface area contributed by atoms with E-state index in [1.165, 1.54) is 0 Å². The van der Waals surface area contributed by atoms with E-state index in [2.05, 4.69) is 25.9 Å². The van der Waals surface area contributed by atoms with E-state index in [9.17, 15) is 4.79 Å². The van der Waals surface area contributed by atoms with E-state index in [0.717, 1.165) is 11.4 Å². The Morgan fingerprint density at radius 3 is 2.56 bits per heavy atom. The molecule has 0 saturated carbocycles. The summed E-state index contributed by atoms with van der Waals surface area (Å²) in [5, 5.41) is 4.42. The van der Waals surface area contributed by atoms with Crippen LogP contribution in [0, 0.1) is 6.92 Å². The van der Waals surface area contributed by atoms with Gasteiger partial charge in [0.05, 0.1) is 12.3 Å². The van der Waals surface area contributed by atoms with Crippen molar-refractivity contribution in [3.63, 3.8) is 0 Å². The molecule has 0 radical (unpaired) electrons. The Balaban J connectivity index is 2.82. The highest BCUT2D eigenvalue weighted by Crippen LogP contribution is 2.21. The highest BCUT2D eigenvalue weighted by Gasteiger charge is 2.19. The van der Waals surface area contributed by atoms with Gasteiger partial charge in [-0.2, -0.15) is 5.10 Å². The summed E-state index contributed by atoms with van der Waals surface area (Å²) in [4.78, 5) is 11.3. The highest BCUT2D eigenvalue weighted by atomic mass is 16.5. The predicted molar refractivity (Wildman–Crippen MR) is 62.3 cm³/mol. The van der Waals surface area contributed by atoms with Crippen LogP contribution in [0.1, 0.15) is 39.1 Å². The molecular weight excluding hydrogens is 204 g/mol. The Bertz CT molecular complexity index is 375. The molecule has 4 nitrogen and oxygen atoms in total. The van der Waals surface area contributed by atoms with Gasteiger partial charge in [0.25, 0.3) is 0 Å². The Morgan fingerprint density at radius 2 is 2.12 bits per heavy atom. The van der Waals surface area contributed by atoms with Gasteiger partial charge in [-0.1, -0.05) is 20.8 Å². The zero-order chi connectivity index (χ0) is 12.3. The van der Waals surface area contributed by atoms with Crippen LogP contribution < -0.4 is 0 Å². The second-order valence-corrected chi connectivity index (χ2v) is 4.88. The first-order valence-corrected chi connectivity index (χ1v) is 5.55. The van der Waals surface area contributed by atoms with Gasteiger partial charge in [-0.25, -0.2) is 0 Å². The Labute approximate surface area is 96.6 Å². The van der Waals surface area contributed by atoms with Crippen LogP contribution in [0.3, 0.4) is 0 Å². The lowest BCUT2D eigenvalue weighted by Gasteiger charge is -2.14. The van der Waals surface area contributed by atoms with Crippen molar-refractivity contribution in [1.82, 2.24) is 9.78 Å². The van der Waals surface area contributed by atoms with E-state index in [1.807, 2.05) is 13.0 Å². The average Bonchev–Trinajstić information content (AvgIpc) is 2.47. The zero-order valence-corrected chi connectivity index (χ0v) is 10.7. The van der Waals surface area contributed by atoms with Crippen molar-refractivity contribution >= 4 is 5.97 Å². The van der Waals surface area contributed by atoms with E-state index >= 15 is 0 Å². The Kier molecular flexibility index (Phi) is 3.73. The second kappa shape index (κ2) is 4.68. The highest BCUT2D eigenvalue weighted by molar-refractivity contribution is 5.69. The third-order valence-corrected chi connectivity index (χ3v) is 2.33. The van der Waals surface area contributed by atoms with Gasteiger partial charge in [0.1, 0.15) is 6.54 Å². The maximum atomic E-state index is 11.3. The van der Waals surface area contributed by atoms with Crippen LogP contribution in [0.25, 0.3) is 0 Å². The summed E-state index contributed by atoms with van der Waals surface area (Å²) in [6.45, 7) is 10.6. The minimum absolute atomic E-state index is 0.00463. The molecule has 1 heterocycles. The molecule has 0 aliphatic carbocycles. The lowest BCUT2D eigenvalue weighted by Crippen LogP contribution is -2.17. The van der Waals surface area contributed by atoms with Gasteiger partial charge >= 0.3 is 5.97 Å². The summed E-state index contributed by atoms with van der Waals surface area (Å²) in [5.74, 6) is -0.242. The molecule has 4 heteroatoms. The van der Waals surface area contributed by atoms with Crippen molar-refractivity contribution in [1.29, 1.82) is 0 Å². The first-order valence-electron chi connectivity index (χ1n) is 5.55. The Morgan fingerprint density at radius 1 is 1.50 bits per heavy atom. The summed E-state index contributed by atoms with van der Waals surface area (Å²) in [5.41, 5.74) is 1.98. The number of ether oxygens (including phenoxy) is 1. The normalized spacial score (nSPS) is 11.6. The van der Waals surface area contributed by atoms with Gasteiger partial charge in [-0.05, 0) is 19.9 Å².